The number of ketones is 1. The summed E-state index contributed by atoms with van der Waals surface area (Å²) in [5.74, 6) is 1.31. The normalized spacial score (nSPS) is 34.2. The first-order chi connectivity index (χ1) is 10.9. The third-order valence-electron chi connectivity index (χ3n) is 5.42. The highest BCUT2D eigenvalue weighted by Crippen LogP contribution is 2.66. The predicted octanol–water partition coefficient (Wildman–Crippen LogP) is 2.57. The highest BCUT2D eigenvalue weighted by atomic mass is 79.9. The Bertz CT molecular complexity index is 615. The Labute approximate surface area is 144 Å². The maximum atomic E-state index is 11.5. The molecule has 3 fully saturated rings. The number of hydrogen-bond acceptors (Lipinski definition) is 3. The van der Waals surface area contributed by atoms with Gasteiger partial charge in [-0.15, -0.1) is 0 Å². The Morgan fingerprint density at radius 2 is 2.04 bits per heavy atom. The quantitative estimate of drug-likeness (QED) is 0.829. The number of aliphatic hydroxyl groups is 1. The van der Waals surface area contributed by atoms with E-state index in [9.17, 15) is 9.59 Å². The number of Topliss-reactive ketones (excluding diaryl/α,β-unsaturated/α-hetero) is 1. The van der Waals surface area contributed by atoms with Crippen molar-refractivity contribution in [3.63, 3.8) is 0 Å². The highest BCUT2D eigenvalue weighted by Gasteiger charge is 2.63. The van der Waals surface area contributed by atoms with Gasteiger partial charge in [0, 0.05) is 16.9 Å². The molecule has 23 heavy (non-hydrogen) atoms. The van der Waals surface area contributed by atoms with Crippen LogP contribution in [-0.4, -0.2) is 29.4 Å². The molecule has 4 nitrogen and oxygen atoms in total. The molecule has 4 unspecified atom stereocenters. The molecule has 4 rings (SSSR count). The van der Waals surface area contributed by atoms with E-state index >= 15 is 0 Å². The summed E-state index contributed by atoms with van der Waals surface area (Å²) in [5, 5.41) is 11.1. The van der Waals surface area contributed by atoms with Crippen molar-refractivity contribution in [1.82, 2.24) is 5.32 Å². The zero-order chi connectivity index (χ0) is 16.6. The van der Waals surface area contributed by atoms with E-state index in [4.69, 9.17) is 5.11 Å². The van der Waals surface area contributed by atoms with Gasteiger partial charge >= 0.3 is 0 Å². The summed E-state index contributed by atoms with van der Waals surface area (Å²) < 4.78 is 1.13. The lowest BCUT2D eigenvalue weighted by Gasteiger charge is -2.11. The van der Waals surface area contributed by atoms with Gasteiger partial charge in [0.05, 0.1) is 12.5 Å². The molecule has 1 aliphatic heterocycles. The van der Waals surface area contributed by atoms with Gasteiger partial charge in [-0.3, -0.25) is 9.59 Å². The van der Waals surface area contributed by atoms with Crippen LogP contribution >= 0.6 is 15.9 Å². The summed E-state index contributed by atoms with van der Waals surface area (Å²) >= 11 is 3.47. The van der Waals surface area contributed by atoms with Crippen LogP contribution < -0.4 is 5.32 Å². The lowest BCUT2D eigenvalue weighted by atomic mass is 9.93. The second-order valence-electron chi connectivity index (χ2n) is 6.89. The summed E-state index contributed by atoms with van der Waals surface area (Å²) in [5.41, 5.74) is 1.79. The van der Waals surface area contributed by atoms with E-state index in [-0.39, 0.29) is 12.3 Å². The van der Waals surface area contributed by atoms with Gasteiger partial charge in [0.1, 0.15) is 5.78 Å². The van der Waals surface area contributed by atoms with E-state index in [1.165, 1.54) is 18.4 Å². The van der Waals surface area contributed by atoms with E-state index in [1.54, 1.807) is 6.92 Å². The second-order valence-corrected chi connectivity index (χ2v) is 7.81. The zero-order valence-electron chi connectivity index (χ0n) is 13.2. The Morgan fingerprint density at radius 3 is 2.43 bits per heavy atom. The molecular weight excluding hydrogens is 358 g/mol. The summed E-state index contributed by atoms with van der Waals surface area (Å²) in [6.45, 7) is 2.18. The number of nitrogens with one attached hydrogen (secondary N) is 1. The van der Waals surface area contributed by atoms with E-state index in [1.807, 2.05) is 0 Å². The van der Waals surface area contributed by atoms with Crippen LogP contribution in [0.2, 0.25) is 0 Å². The van der Waals surface area contributed by atoms with E-state index in [0.29, 0.717) is 29.6 Å². The summed E-state index contributed by atoms with van der Waals surface area (Å²) in [6, 6.07) is 8.65. The molecule has 4 atom stereocenters. The van der Waals surface area contributed by atoms with Crippen LogP contribution in [0.1, 0.15) is 38.2 Å². The van der Waals surface area contributed by atoms with Crippen LogP contribution in [-0.2, 0) is 15.0 Å². The van der Waals surface area contributed by atoms with Crippen molar-refractivity contribution in [2.75, 3.05) is 6.54 Å². The summed E-state index contributed by atoms with van der Waals surface area (Å²) in [6.07, 6.45) is 3.35. The number of fused-ring (bicyclic) bond motifs is 1. The predicted molar refractivity (Wildman–Crippen MR) is 91.0 cm³/mol. The molecule has 1 amide bonds. The fourth-order valence-corrected chi connectivity index (χ4v) is 4.36. The van der Waals surface area contributed by atoms with Gasteiger partial charge in [-0.05, 0) is 55.2 Å². The van der Waals surface area contributed by atoms with Crippen molar-refractivity contribution in [3.05, 3.63) is 34.3 Å². The molecule has 1 heterocycles. The first kappa shape index (κ1) is 16.7. The van der Waals surface area contributed by atoms with Crippen LogP contribution in [0.3, 0.4) is 0 Å². The zero-order valence-corrected chi connectivity index (χ0v) is 14.8. The molecule has 2 saturated carbocycles. The molecule has 0 aromatic heterocycles. The van der Waals surface area contributed by atoms with Crippen LogP contribution in [0.4, 0.5) is 0 Å². The number of amides is 1. The maximum absolute atomic E-state index is 11.5. The number of halogens is 1. The molecule has 2 aliphatic carbocycles. The Hall–Kier alpha value is -1.20. The minimum Gasteiger partial charge on any atom is -0.391 e. The SMILES string of the molecule is CC(=O)C1CCC2(c3ccc(Br)cc3)CC12.O=C1CC(O)CN1. The van der Waals surface area contributed by atoms with Gasteiger partial charge in [0.2, 0.25) is 5.91 Å². The Morgan fingerprint density at radius 1 is 1.35 bits per heavy atom. The van der Waals surface area contributed by atoms with Gasteiger partial charge < -0.3 is 10.4 Å². The van der Waals surface area contributed by atoms with Crippen LogP contribution in [0.25, 0.3) is 0 Å². The molecule has 0 bridgehead atoms. The van der Waals surface area contributed by atoms with Crippen molar-refractivity contribution >= 4 is 27.6 Å². The first-order valence-electron chi connectivity index (χ1n) is 8.13. The molecule has 0 spiro atoms. The lowest BCUT2D eigenvalue weighted by Crippen LogP contribution is -2.14. The highest BCUT2D eigenvalue weighted by molar-refractivity contribution is 9.10. The number of aliphatic hydroxyl groups excluding tert-OH is 1. The van der Waals surface area contributed by atoms with Gasteiger partial charge in [-0.2, -0.15) is 0 Å². The lowest BCUT2D eigenvalue weighted by molar-refractivity contribution is -0.121. The largest absolute Gasteiger partial charge is 0.391 e. The first-order valence-corrected chi connectivity index (χ1v) is 8.93. The van der Waals surface area contributed by atoms with E-state index in [0.717, 1.165) is 10.9 Å². The minimum atomic E-state index is -0.438. The van der Waals surface area contributed by atoms with Crippen molar-refractivity contribution in [1.29, 1.82) is 0 Å². The van der Waals surface area contributed by atoms with Crippen molar-refractivity contribution in [3.8, 4) is 0 Å². The average Bonchev–Trinajstić information content (AvgIpc) is 2.91. The van der Waals surface area contributed by atoms with Gasteiger partial charge in [0.25, 0.3) is 0 Å². The number of carbonyl (C=O) groups is 2. The molecule has 2 N–H and O–H groups in total. The van der Waals surface area contributed by atoms with Crippen LogP contribution in [0.15, 0.2) is 28.7 Å². The molecule has 1 aromatic carbocycles. The Balaban J connectivity index is 0.000000188. The van der Waals surface area contributed by atoms with Gasteiger partial charge in [-0.25, -0.2) is 0 Å². The van der Waals surface area contributed by atoms with Crippen molar-refractivity contribution in [2.45, 2.75) is 44.1 Å². The number of rotatable bonds is 2. The molecule has 3 aliphatic rings. The van der Waals surface area contributed by atoms with Gasteiger partial charge in [-0.1, -0.05) is 28.1 Å². The number of carbonyl (C=O) groups excluding carboxylic acids is 2. The van der Waals surface area contributed by atoms with Crippen molar-refractivity contribution in [2.24, 2.45) is 11.8 Å². The van der Waals surface area contributed by atoms with Crippen molar-refractivity contribution < 1.29 is 14.7 Å². The van der Waals surface area contributed by atoms with E-state index < -0.39 is 6.10 Å². The monoisotopic (exact) mass is 379 g/mol. The smallest absolute Gasteiger partial charge is 0.222 e. The molecule has 1 saturated heterocycles. The van der Waals surface area contributed by atoms with Gasteiger partial charge in [0.15, 0.2) is 0 Å². The third-order valence-corrected chi connectivity index (χ3v) is 5.95. The maximum Gasteiger partial charge on any atom is 0.222 e. The third kappa shape index (κ3) is 3.36. The number of hydrogen-bond donors (Lipinski definition) is 2. The molecule has 0 radical (unpaired) electrons. The average molecular weight is 380 g/mol. The topological polar surface area (TPSA) is 66.4 Å². The molecule has 5 heteroatoms. The van der Waals surface area contributed by atoms with E-state index in [2.05, 4.69) is 45.5 Å². The van der Waals surface area contributed by atoms with Crippen LogP contribution in [0, 0.1) is 11.8 Å². The second kappa shape index (κ2) is 6.36. The molecule has 1 aromatic rings. The van der Waals surface area contributed by atoms with Crippen LogP contribution in [0.5, 0.6) is 0 Å². The summed E-state index contributed by atoms with van der Waals surface area (Å²) in [4.78, 5) is 21.7. The Kier molecular flexibility index (Phi) is 4.61. The fourth-order valence-electron chi connectivity index (χ4n) is 4.10. The molecule has 124 valence electrons. The number of benzene rings is 1. The standard InChI is InChI=1S/C14H15BrO.C4H7NO2/c1-9(16)12-6-7-14(8-13(12)14)10-2-4-11(15)5-3-10;6-3-1-4(7)5-2-3/h2-5,12-13H,6-8H2,1H3;3,6H,1-2H2,(H,5,7). The summed E-state index contributed by atoms with van der Waals surface area (Å²) in [7, 11) is 0. The number of β-amino-alcohol motifs (C(OH)–C–C–N with tert-alkyl or cyclic N) is 1. The fraction of sp³-hybridized carbons (Fsp3) is 0.556. The minimum absolute atomic E-state index is 0.0486. The molecular formula is C18H22BrNO3.